The van der Waals surface area contributed by atoms with Crippen LogP contribution in [0.4, 0.5) is 10.3 Å². The Labute approximate surface area is 106 Å². The summed E-state index contributed by atoms with van der Waals surface area (Å²) in [5.41, 5.74) is 5.19. The van der Waals surface area contributed by atoms with Gasteiger partial charge < -0.3 is 15.6 Å². The number of nitrogens with one attached hydrogen (secondary N) is 1. The molecule has 3 heterocycles. The number of anilines is 1. The van der Waals surface area contributed by atoms with Crippen molar-refractivity contribution in [3.63, 3.8) is 0 Å². The first-order valence-corrected chi connectivity index (χ1v) is 5.73. The minimum atomic E-state index is -1.31. The van der Waals surface area contributed by atoms with Crippen LogP contribution < -0.4 is 11.3 Å². The van der Waals surface area contributed by atoms with E-state index in [9.17, 15) is 9.18 Å². The molecule has 0 aromatic carbocycles. The van der Waals surface area contributed by atoms with E-state index in [4.69, 9.17) is 15.6 Å². The molecule has 3 atom stereocenters. The number of nitrogen functional groups attached to an aromatic ring is 1. The van der Waals surface area contributed by atoms with Crippen molar-refractivity contribution in [3.05, 3.63) is 16.7 Å². The Bertz CT molecular complexity index is 669. The highest BCUT2D eigenvalue weighted by Gasteiger charge is 2.37. The van der Waals surface area contributed by atoms with Crippen LogP contribution in [0.25, 0.3) is 11.2 Å². The number of ether oxygens (including phenoxy) is 1. The monoisotopic (exact) mass is 269 g/mol. The Morgan fingerprint density at radius 2 is 2.47 bits per heavy atom. The number of H-pyrrole nitrogens is 1. The highest BCUT2D eigenvalue weighted by Crippen LogP contribution is 2.32. The van der Waals surface area contributed by atoms with Crippen molar-refractivity contribution in [3.8, 4) is 0 Å². The average Bonchev–Trinajstić information content (AvgIpc) is 2.92. The first-order chi connectivity index (χ1) is 9.10. The summed E-state index contributed by atoms with van der Waals surface area (Å²) in [7, 11) is 0. The number of rotatable bonds is 2. The molecule has 0 bridgehead atoms. The smallest absolute Gasteiger partial charge is 0.280 e. The molecule has 1 saturated heterocycles. The molecule has 8 nitrogen and oxygen atoms in total. The molecule has 4 N–H and O–H groups in total. The lowest BCUT2D eigenvalue weighted by Gasteiger charge is -2.15. The summed E-state index contributed by atoms with van der Waals surface area (Å²) >= 11 is 0. The van der Waals surface area contributed by atoms with Gasteiger partial charge in [-0.15, -0.1) is 0 Å². The number of aromatic amines is 1. The highest BCUT2D eigenvalue weighted by atomic mass is 19.1. The molecule has 1 aliphatic heterocycles. The summed E-state index contributed by atoms with van der Waals surface area (Å²) in [6.45, 7) is -0.264. The van der Waals surface area contributed by atoms with E-state index < -0.39 is 24.1 Å². The fraction of sp³-hybridized carbons (Fsp3) is 0.500. The lowest BCUT2D eigenvalue weighted by Crippen LogP contribution is -2.18. The summed E-state index contributed by atoms with van der Waals surface area (Å²) in [4.78, 5) is 21.7. The lowest BCUT2D eigenvalue weighted by molar-refractivity contribution is -0.0351. The molecule has 0 spiro atoms. The van der Waals surface area contributed by atoms with Gasteiger partial charge in [0.1, 0.15) is 6.17 Å². The van der Waals surface area contributed by atoms with Gasteiger partial charge in [-0.25, -0.2) is 9.37 Å². The topological polar surface area (TPSA) is 119 Å². The molecule has 0 saturated carbocycles. The van der Waals surface area contributed by atoms with E-state index in [2.05, 4.69) is 15.0 Å². The molecule has 1 fully saturated rings. The van der Waals surface area contributed by atoms with Gasteiger partial charge in [-0.3, -0.25) is 14.3 Å². The third-order valence-electron chi connectivity index (χ3n) is 3.06. The number of fused-ring (bicyclic) bond motifs is 1. The SMILES string of the molecule is Nc1nc2c(ncn2[C@@H]2OC(CO)C[C@@H]2F)c(=O)[nH]1. The third kappa shape index (κ3) is 1.87. The fourth-order valence-corrected chi connectivity index (χ4v) is 2.19. The van der Waals surface area contributed by atoms with Gasteiger partial charge in [0.15, 0.2) is 17.4 Å². The molecule has 0 amide bonds. The van der Waals surface area contributed by atoms with Crippen LogP contribution in [0.2, 0.25) is 0 Å². The number of imidazole rings is 1. The zero-order valence-corrected chi connectivity index (χ0v) is 9.78. The number of nitrogens with zero attached hydrogens (tertiary/aromatic N) is 3. The second-order valence-electron chi connectivity index (χ2n) is 4.36. The Morgan fingerprint density at radius 3 is 3.16 bits per heavy atom. The Balaban J connectivity index is 2.09. The zero-order chi connectivity index (χ0) is 13.6. The molecule has 9 heteroatoms. The van der Waals surface area contributed by atoms with Crippen LogP contribution in [-0.4, -0.2) is 43.5 Å². The number of halogens is 1. The first kappa shape index (κ1) is 12.1. The average molecular weight is 269 g/mol. The maximum absolute atomic E-state index is 13.9. The van der Waals surface area contributed by atoms with Crippen molar-refractivity contribution < 1.29 is 14.2 Å². The summed E-state index contributed by atoms with van der Waals surface area (Å²) in [5, 5.41) is 8.99. The number of alkyl halides is 1. The molecule has 2 aromatic rings. The molecule has 1 unspecified atom stereocenters. The summed E-state index contributed by atoms with van der Waals surface area (Å²) in [5.74, 6) is -0.0774. The predicted molar refractivity (Wildman–Crippen MR) is 63.1 cm³/mol. The van der Waals surface area contributed by atoms with Crippen LogP contribution in [0.3, 0.4) is 0 Å². The highest BCUT2D eigenvalue weighted by molar-refractivity contribution is 5.70. The largest absolute Gasteiger partial charge is 0.394 e. The molecular formula is C10H12FN5O3. The van der Waals surface area contributed by atoms with E-state index in [1.54, 1.807) is 0 Å². The van der Waals surface area contributed by atoms with Gasteiger partial charge in [0.25, 0.3) is 5.56 Å². The van der Waals surface area contributed by atoms with Crippen molar-refractivity contribution in [2.75, 3.05) is 12.3 Å². The standard InChI is InChI=1S/C10H12FN5O3/c11-5-1-4(2-17)19-9(5)16-3-13-6-7(16)14-10(12)15-8(6)18/h3-5,9,17H,1-2H2,(H3,12,14,15,18)/t4?,5-,9+/m0/s1. The van der Waals surface area contributed by atoms with Crippen molar-refractivity contribution in [1.82, 2.24) is 19.5 Å². The van der Waals surface area contributed by atoms with E-state index in [0.717, 1.165) is 0 Å². The molecular weight excluding hydrogens is 257 g/mol. The molecule has 3 rings (SSSR count). The number of aliphatic hydroxyl groups is 1. The van der Waals surface area contributed by atoms with Gasteiger partial charge >= 0.3 is 0 Å². The van der Waals surface area contributed by atoms with E-state index >= 15 is 0 Å². The van der Waals surface area contributed by atoms with Gasteiger partial charge in [0, 0.05) is 6.42 Å². The van der Waals surface area contributed by atoms with Gasteiger partial charge in [0.2, 0.25) is 5.95 Å². The van der Waals surface area contributed by atoms with E-state index in [0.29, 0.717) is 0 Å². The Morgan fingerprint density at radius 1 is 1.68 bits per heavy atom. The van der Waals surface area contributed by atoms with Crippen LogP contribution in [0.15, 0.2) is 11.1 Å². The molecule has 2 aromatic heterocycles. The number of aromatic nitrogens is 4. The van der Waals surface area contributed by atoms with Crippen LogP contribution in [0, 0.1) is 0 Å². The first-order valence-electron chi connectivity index (χ1n) is 5.73. The third-order valence-corrected chi connectivity index (χ3v) is 3.06. The van der Waals surface area contributed by atoms with Gasteiger partial charge in [-0.1, -0.05) is 0 Å². The van der Waals surface area contributed by atoms with Crippen molar-refractivity contribution in [2.24, 2.45) is 0 Å². The van der Waals surface area contributed by atoms with Crippen LogP contribution in [0.5, 0.6) is 0 Å². The van der Waals surface area contributed by atoms with Crippen molar-refractivity contribution in [1.29, 1.82) is 0 Å². The Kier molecular flexibility index (Phi) is 2.72. The predicted octanol–water partition coefficient (Wildman–Crippen LogP) is -0.680. The van der Waals surface area contributed by atoms with Crippen LogP contribution in [-0.2, 0) is 4.74 Å². The van der Waals surface area contributed by atoms with Gasteiger partial charge in [-0.05, 0) is 0 Å². The van der Waals surface area contributed by atoms with E-state index in [-0.39, 0.29) is 30.1 Å². The maximum atomic E-state index is 13.9. The van der Waals surface area contributed by atoms with E-state index in [1.807, 2.05) is 0 Å². The normalized spacial score (nSPS) is 27.2. The summed E-state index contributed by atoms with van der Waals surface area (Å²) < 4.78 is 20.6. The second kappa shape index (κ2) is 4.28. The Hall–Kier alpha value is -2.00. The molecule has 0 radical (unpaired) electrons. The van der Waals surface area contributed by atoms with Crippen molar-refractivity contribution >= 4 is 17.1 Å². The zero-order valence-electron chi connectivity index (χ0n) is 9.78. The summed E-state index contributed by atoms with van der Waals surface area (Å²) in [6.07, 6.45) is -1.48. The molecule has 19 heavy (non-hydrogen) atoms. The maximum Gasteiger partial charge on any atom is 0.280 e. The number of aliphatic hydroxyl groups excluding tert-OH is 1. The minimum Gasteiger partial charge on any atom is -0.394 e. The number of hydrogen-bond acceptors (Lipinski definition) is 6. The second-order valence-corrected chi connectivity index (χ2v) is 4.36. The fourth-order valence-electron chi connectivity index (χ4n) is 2.19. The lowest BCUT2D eigenvalue weighted by atomic mass is 10.2. The van der Waals surface area contributed by atoms with Crippen molar-refractivity contribution in [2.45, 2.75) is 24.9 Å². The number of hydrogen-bond donors (Lipinski definition) is 3. The molecule has 1 aliphatic rings. The number of nitrogens with two attached hydrogens (primary N) is 1. The van der Waals surface area contributed by atoms with Crippen LogP contribution >= 0.6 is 0 Å². The molecule has 102 valence electrons. The molecule has 0 aliphatic carbocycles. The van der Waals surface area contributed by atoms with E-state index in [1.165, 1.54) is 10.9 Å². The van der Waals surface area contributed by atoms with Gasteiger partial charge in [-0.2, -0.15) is 4.98 Å². The minimum absolute atomic E-state index is 0.0671. The van der Waals surface area contributed by atoms with Crippen LogP contribution in [0.1, 0.15) is 12.6 Å². The quantitative estimate of drug-likeness (QED) is 0.664. The summed E-state index contributed by atoms with van der Waals surface area (Å²) in [6, 6.07) is 0. The van der Waals surface area contributed by atoms with Gasteiger partial charge in [0.05, 0.1) is 19.0 Å².